The van der Waals surface area contributed by atoms with E-state index in [0.29, 0.717) is 84.0 Å². The number of piperidine rings is 2. The fourth-order valence-electron chi connectivity index (χ4n) is 7.86. The van der Waals surface area contributed by atoms with Gasteiger partial charge in [-0.2, -0.15) is 4.37 Å². The second-order valence-electron chi connectivity index (χ2n) is 14.4. The van der Waals surface area contributed by atoms with Gasteiger partial charge in [-0.25, -0.2) is 4.98 Å². The summed E-state index contributed by atoms with van der Waals surface area (Å²) in [6.45, 7) is 3.42. The predicted molar refractivity (Wildman–Crippen MR) is 218 cm³/mol. The molecule has 3 aromatic heterocycles. The van der Waals surface area contributed by atoms with E-state index in [1.54, 1.807) is 24.4 Å². The van der Waals surface area contributed by atoms with Crippen molar-refractivity contribution in [1.82, 2.24) is 34.0 Å². The molecule has 2 aliphatic heterocycles. The van der Waals surface area contributed by atoms with E-state index in [1.807, 2.05) is 53.4 Å². The number of likely N-dealkylation sites (tertiary alicyclic amines) is 2. The van der Waals surface area contributed by atoms with Crippen molar-refractivity contribution in [2.75, 3.05) is 39.3 Å². The van der Waals surface area contributed by atoms with Crippen LogP contribution in [0.25, 0.3) is 32.4 Å². The molecule has 11 nitrogen and oxygen atoms in total. The van der Waals surface area contributed by atoms with Gasteiger partial charge in [0.1, 0.15) is 15.9 Å². The molecule has 0 spiro atoms. The molecule has 0 unspecified atom stereocenters. The molecule has 8 rings (SSSR count). The van der Waals surface area contributed by atoms with Crippen LogP contribution < -0.4 is 10.9 Å². The van der Waals surface area contributed by atoms with Crippen molar-refractivity contribution in [2.24, 2.45) is 5.92 Å². The highest BCUT2D eigenvalue weighted by Gasteiger charge is 2.41. The van der Waals surface area contributed by atoms with Gasteiger partial charge in [0.2, 0.25) is 5.91 Å². The fourth-order valence-corrected chi connectivity index (χ4v) is 9.14. The average Bonchev–Trinajstić information content (AvgIpc) is 3.64. The van der Waals surface area contributed by atoms with Crippen molar-refractivity contribution >= 4 is 72.0 Å². The predicted octanol–water partition coefficient (Wildman–Crippen LogP) is 6.37. The molecule has 14 heteroatoms. The maximum atomic E-state index is 14.2. The maximum absolute atomic E-state index is 14.2. The van der Waals surface area contributed by atoms with E-state index in [0.717, 1.165) is 39.1 Å². The molecule has 0 saturated carbocycles. The fraction of sp³-hybridized carbons (Fsp3) is 0.317. The minimum atomic E-state index is -1.15. The average molecular weight is 841 g/mol. The molecule has 2 atom stereocenters. The molecule has 282 valence electrons. The standard InChI is InChI=1S/C41H39BrClN7O4S/c42-29-9-6-27(7-10-29)35-36-37(55-47-35)40(53)50(25-46-36)24-41(54)14-19-49(20-15-41)39(52)30-13-18-48(23-32(30)26-4-2-1-3-5-26)21-17-45-38(51)28-8-11-31-33(43)12-16-44-34(31)22-28/h1-12,16,22,25,30,32,54H,13-15,17-21,23-24H2,(H,45,51)/t30-,32+/m1/s1. The van der Waals surface area contributed by atoms with Gasteiger partial charge in [0.15, 0.2) is 0 Å². The van der Waals surface area contributed by atoms with Crippen molar-refractivity contribution in [2.45, 2.75) is 37.3 Å². The first-order valence-electron chi connectivity index (χ1n) is 18.4. The van der Waals surface area contributed by atoms with Crippen LogP contribution in [-0.2, 0) is 11.3 Å². The molecule has 55 heavy (non-hydrogen) atoms. The number of hydrogen-bond acceptors (Lipinski definition) is 9. The van der Waals surface area contributed by atoms with Crippen LogP contribution in [0.5, 0.6) is 0 Å². The Labute approximate surface area is 335 Å². The molecule has 0 bridgehead atoms. The number of benzene rings is 3. The van der Waals surface area contributed by atoms with Crippen LogP contribution in [0.1, 0.15) is 41.1 Å². The molecule has 3 aromatic carbocycles. The van der Waals surface area contributed by atoms with E-state index in [1.165, 1.54) is 10.9 Å². The number of aromatic nitrogens is 4. The molecule has 2 saturated heterocycles. The summed E-state index contributed by atoms with van der Waals surface area (Å²) in [5.74, 6) is -0.307. The Morgan fingerprint density at radius 2 is 1.78 bits per heavy atom. The monoisotopic (exact) mass is 839 g/mol. The third kappa shape index (κ3) is 7.94. The number of halogens is 2. The van der Waals surface area contributed by atoms with Gasteiger partial charge in [0, 0.05) is 71.7 Å². The molecule has 2 N–H and O–H groups in total. The quantitative estimate of drug-likeness (QED) is 0.172. The summed E-state index contributed by atoms with van der Waals surface area (Å²) in [7, 11) is 0. The van der Waals surface area contributed by atoms with Gasteiger partial charge in [-0.1, -0.05) is 76.1 Å². The van der Waals surface area contributed by atoms with Crippen molar-refractivity contribution in [3.8, 4) is 11.3 Å². The number of fused-ring (bicyclic) bond motifs is 2. The van der Waals surface area contributed by atoms with E-state index in [2.05, 4.69) is 52.6 Å². The van der Waals surface area contributed by atoms with Crippen LogP contribution in [-0.4, -0.2) is 90.5 Å². The van der Waals surface area contributed by atoms with Crippen LogP contribution in [0.15, 0.2) is 101 Å². The van der Waals surface area contributed by atoms with Crippen LogP contribution in [0.4, 0.5) is 0 Å². The Balaban J connectivity index is 0.887. The maximum Gasteiger partial charge on any atom is 0.273 e. The van der Waals surface area contributed by atoms with E-state index in [-0.39, 0.29) is 35.8 Å². The van der Waals surface area contributed by atoms with Crippen molar-refractivity contribution in [3.05, 3.63) is 122 Å². The van der Waals surface area contributed by atoms with Gasteiger partial charge >= 0.3 is 0 Å². The molecular formula is C41H39BrClN7O4S. The smallest absolute Gasteiger partial charge is 0.273 e. The highest BCUT2D eigenvalue weighted by molar-refractivity contribution is 9.10. The van der Waals surface area contributed by atoms with E-state index >= 15 is 0 Å². The molecule has 6 aromatic rings. The lowest BCUT2D eigenvalue weighted by molar-refractivity contribution is -0.142. The summed E-state index contributed by atoms with van der Waals surface area (Å²) in [5.41, 5.74) is 3.01. The van der Waals surface area contributed by atoms with Crippen LogP contribution in [0, 0.1) is 5.92 Å². The molecule has 2 aliphatic rings. The SMILES string of the molecule is O=C(NCCN1CC[C@@H](C(=O)N2CCC(O)(Cn3cnc4c(-c5ccc(Br)cc5)nsc4c3=O)CC2)[C@H](c2ccccc2)C1)c1ccc2c(Cl)ccnc2c1. The lowest BCUT2D eigenvalue weighted by Gasteiger charge is -2.43. The molecule has 0 aliphatic carbocycles. The van der Waals surface area contributed by atoms with Gasteiger partial charge in [-0.05, 0) is 73.2 Å². The summed E-state index contributed by atoms with van der Waals surface area (Å²) < 4.78 is 7.40. The Morgan fingerprint density at radius 1 is 1.00 bits per heavy atom. The first-order chi connectivity index (χ1) is 26.7. The normalized spacial score (nSPS) is 18.8. The van der Waals surface area contributed by atoms with Gasteiger partial charge in [0.25, 0.3) is 11.5 Å². The second kappa shape index (κ2) is 15.9. The molecule has 0 radical (unpaired) electrons. The number of nitrogens with zero attached hydrogens (tertiary/aromatic N) is 6. The highest BCUT2D eigenvalue weighted by atomic mass is 79.9. The van der Waals surface area contributed by atoms with E-state index in [9.17, 15) is 19.5 Å². The number of pyridine rings is 1. The zero-order valence-corrected chi connectivity index (χ0v) is 33.1. The summed E-state index contributed by atoms with van der Waals surface area (Å²) in [5, 5.41) is 16.1. The van der Waals surface area contributed by atoms with Gasteiger partial charge in [-0.15, -0.1) is 0 Å². The molecule has 2 fully saturated rings. The molecule has 5 heterocycles. The first-order valence-corrected chi connectivity index (χ1v) is 20.3. The van der Waals surface area contributed by atoms with Gasteiger partial charge in [-0.3, -0.25) is 23.9 Å². The Bertz CT molecular complexity index is 2420. The second-order valence-corrected chi connectivity index (χ2v) is 16.5. The first kappa shape index (κ1) is 37.4. The third-order valence-corrected chi connectivity index (χ3v) is 12.6. The number of carbonyl (C=O) groups excluding carboxylic acids is 2. The van der Waals surface area contributed by atoms with Gasteiger partial charge in [0.05, 0.1) is 29.0 Å². The number of hydrogen-bond donors (Lipinski definition) is 2. The Hall–Kier alpha value is -4.53. The largest absolute Gasteiger partial charge is 0.388 e. The minimum Gasteiger partial charge on any atom is -0.388 e. The minimum absolute atomic E-state index is 0.0200. The van der Waals surface area contributed by atoms with Crippen LogP contribution in [0.3, 0.4) is 0 Å². The summed E-state index contributed by atoms with van der Waals surface area (Å²) >= 11 is 10.8. The number of nitrogens with one attached hydrogen (secondary N) is 1. The summed E-state index contributed by atoms with van der Waals surface area (Å²) in [4.78, 5) is 53.9. The number of rotatable bonds is 9. The van der Waals surface area contributed by atoms with Crippen molar-refractivity contribution in [3.63, 3.8) is 0 Å². The Kier molecular flexibility index (Phi) is 10.8. The molecular weight excluding hydrogens is 802 g/mol. The van der Waals surface area contributed by atoms with Crippen molar-refractivity contribution < 1.29 is 14.7 Å². The highest BCUT2D eigenvalue weighted by Crippen LogP contribution is 2.36. The number of amides is 2. The van der Waals surface area contributed by atoms with Crippen molar-refractivity contribution in [1.29, 1.82) is 0 Å². The number of aliphatic hydroxyl groups is 1. The molecule has 2 amide bonds. The van der Waals surface area contributed by atoms with E-state index < -0.39 is 5.60 Å². The zero-order chi connectivity index (χ0) is 38.1. The summed E-state index contributed by atoms with van der Waals surface area (Å²) in [6, 6.07) is 24.9. The summed E-state index contributed by atoms with van der Waals surface area (Å²) in [6.07, 6.45) is 4.51. The van der Waals surface area contributed by atoms with Crippen LogP contribution in [0.2, 0.25) is 5.02 Å². The zero-order valence-electron chi connectivity index (χ0n) is 29.9. The van der Waals surface area contributed by atoms with Gasteiger partial charge < -0.3 is 20.2 Å². The Morgan fingerprint density at radius 3 is 2.56 bits per heavy atom. The number of carbonyl (C=O) groups is 2. The van der Waals surface area contributed by atoms with E-state index in [4.69, 9.17) is 11.6 Å². The third-order valence-electron chi connectivity index (χ3n) is 10.9. The topological polar surface area (TPSA) is 134 Å². The lowest BCUT2D eigenvalue weighted by atomic mass is 9.79. The van der Waals surface area contributed by atoms with Crippen LogP contribution >= 0.6 is 39.1 Å². The lowest BCUT2D eigenvalue weighted by Crippen LogP contribution is -2.53.